The van der Waals surface area contributed by atoms with Crippen molar-refractivity contribution < 1.29 is 9.72 Å². The predicted molar refractivity (Wildman–Crippen MR) is 97.1 cm³/mol. The van der Waals surface area contributed by atoms with Crippen molar-refractivity contribution in [3.05, 3.63) is 50.5 Å². The summed E-state index contributed by atoms with van der Waals surface area (Å²) in [6.07, 6.45) is 4.11. The third kappa shape index (κ3) is 4.21. The van der Waals surface area contributed by atoms with Crippen molar-refractivity contribution in [1.82, 2.24) is 10.3 Å². The van der Waals surface area contributed by atoms with E-state index in [4.69, 9.17) is 0 Å². The van der Waals surface area contributed by atoms with Gasteiger partial charge in [0.2, 0.25) is 5.91 Å². The van der Waals surface area contributed by atoms with Crippen LogP contribution in [-0.4, -0.2) is 28.9 Å². The molecule has 1 saturated heterocycles. The molecular weight excluding hydrogens is 340 g/mol. The van der Waals surface area contributed by atoms with Crippen LogP contribution < -0.4 is 10.6 Å². The number of carbonyl (C=O) groups is 1. The first-order valence-electron chi connectivity index (χ1n) is 8.24. The molecule has 0 spiro atoms. The lowest BCUT2D eigenvalue weighted by Gasteiger charge is -2.20. The van der Waals surface area contributed by atoms with Crippen LogP contribution in [0, 0.1) is 17.0 Å². The van der Waals surface area contributed by atoms with E-state index in [0.29, 0.717) is 22.2 Å². The van der Waals surface area contributed by atoms with Crippen molar-refractivity contribution in [3.8, 4) is 0 Å². The maximum atomic E-state index is 12.3. The number of hydrogen-bond donors (Lipinski definition) is 2. The molecule has 0 radical (unpaired) electrons. The highest BCUT2D eigenvalue weighted by atomic mass is 32.1. The summed E-state index contributed by atoms with van der Waals surface area (Å²) < 4.78 is 0. The van der Waals surface area contributed by atoms with Crippen LogP contribution in [0.25, 0.3) is 0 Å². The number of nitrogens with one attached hydrogen (secondary N) is 2. The van der Waals surface area contributed by atoms with Crippen molar-refractivity contribution in [1.29, 1.82) is 0 Å². The second-order valence-corrected chi connectivity index (χ2v) is 7.20. The lowest BCUT2D eigenvalue weighted by molar-refractivity contribution is -0.385. The Kier molecular flexibility index (Phi) is 5.40. The third-order valence-electron chi connectivity index (χ3n) is 4.48. The first-order valence-corrected chi connectivity index (χ1v) is 9.05. The lowest BCUT2D eigenvalue weighted by Crippen LogP contribution is -2.26. The van der Waals surface area contributed by atoms with Crippen LogP contribution in [0.15, 0.2) is 24.4 Å². The first kappa shape index (κ1) is 17.5. The highest BCUT2D eigenvalue weighted by Crippen LogP contribution is 2.31. The van der Waals surface area contributed by atoms with Gasteiger partial charge >= 0.3 is 0 Å². The maximum Gasteiger partial charge on any atom is 0.272 e. The van der Waals surface area contributed by atoms with Crippen molar-refractivity contribution >= 4 is 28.1 Å². The number of nitro groups is 1. The van der Waals surface area contributed by atoms with Crippen LogP contribution in [0.4, 0.5) is 10.8 Å². The van der Waals surface area contributed by atoms with E-state index < -0.39 is 4.92 Å². The molecule has 2 heterocycles. The number of piperidine rings is 1. The van der Waals surface area contributed by atoms with Crippen LogP contribution in [0.2, 0.25) is 0 Å². The van der Waals surface area contributed by atoms with E-state index in [0.717, 1.165) is 25.9 Å². The Morgan fingerprint density at radius 1 is 1.44 bits per heavy atom. The van der Waals surface area contributed by atoms with Gasteiger partial charge in [0, 0.05) is 22.7 Å². The fourth-order valence-corrected chi connectivity index (χ4v) is 4.04. The van der Waals surface area contributed by atoms with E-state index in [2.05, 4.69) is 15.6 Å². The number of nitrogens with zero attached hydrogens (tertiary/aromatic N) is 2. The van der Waals surface area contributed by atoms with Crippen molar-refractivity contribution in [3.63, 3.8) is 0 Å². The zero-order valence-corrected chi connectivity index (χ0v) is 14.8. The van der Waals surface area contributed by atoms with Gasteiger partial charge in [-0.25, -0.2) is 4.98 Å². The highest BCUT2D eigenvalue weighted by Gasteiger charge is 2.19. The Morgan fingerprint density at radius 3 is 2.92 bits per heavy atom. The minimum absolute atomic E-state index is 0.0349. The molecular formula is C17H20N4O3S. The van der Waals surface area contributed by atoms with Gasteiger partial charge in [-0.05, 0) is 44.3 Å². The van der Waals surface area contributed by atoms with E-state index in [9.17, 15) is 14.9 Å². The quantitative estimate of drug-likeness (QED) is 0.631. The molecule has 1 fully saturated rings. The third-order valence-corrected chi connectivity index (χ3v) is 5.55. The Bertz CT molecular complexity index is 784. The zero-order valence-electron chi connectivity index (χ0n) is 13.9. The minimum atomic E-state index is -0.428. The molecule has 25 heavy (non-hydrogen) atoms. The number of nitro benzene ring substituents is 1. The molecule has 0 aliphatic carbocycles. The van der Waals surface area contributed by atoms with Crippen molar-refractivity contribution in [2.75, 3.05) is 18.4 Å². The molecule has 0 unspecified atom stereocenters. The summed E-state index contributed by atoms with van der Waals surface area (Å²) in [5, 5.41) is 17.7. The predicted octanol–water partition coefficient (Wildman–Crippen LogP) is 3.01. The Balaban J connectivity index is 1.64. The number of rotatable bonds is 5. The van der Waals surface area contributed by atoms with E-state index in [1.807, 2.05) is 6.20 Å². The number of aromatic nitrogens is 1. The van der Waals surface area contributed by atoms with Crippen LogP contribution in [-0.2, 0) is 11.2 Å². The summed E-state index contributed by atoms with van der Waals surface area (Å²) in [6.45, 7) is 3.69. The zero-order chi connectivity index (χ0) is 17.8. The fraction of sp³-hybridized carbons (Fsp3) is 0.412. The largest absolute Gasteiger partial charge is 0.317 e. The molecule has 0 saturated carbocycles. The summed E-state index contributed by atoms with van der Waals surface area (Å²) in [5.74, 6) is 0.290. The van der Waals surface area contributed by atoms with E-state index in [1.165, 1.54) is 22.3 Å². The summed E-state index contributed by atoms with van der Waals surface area (Å²) >= 11 is 1.51. The van der Waals surface area contributed by atoms with Gasteiger partial charge in [0.15, 0.2) is 5.13 Å². The number of carbonyl (C=O) groups excluding carboxylic acids is 1. The van der Waals surface area contributed by atoms with Gasteiger partial charge in [-0.2, -0.15) is 0 Å². The smallest absolute Gasteiger partial charge is 0.272 e. The Hall–Kier alpha value is -2.32. The molecule has 132 valence electrons. The van der Waals surface area contributed by atoms with Crippen LogP contribution in [0.1, 0.15) is 34.8 Å². The number of anilines is 1. The average molecular weight is 360 g/mol. The second kappa shape index (κ2) is 7.71. The molecule has 8 heteroatoms. The molecule has 1 aliphatic heterocycles. The van der Waals surface area contributed by atoms with Crippen molar-refractivity contribution in [2.45, 2.75) is 32.1 Å². The SMILES string of the molecule is Cc1c(CC(=O)Nc2ncc(C3CCNCC3)s2)cccc1[N+](=O)[O-]. The molecule has 1 aliphatic rings. The number of hydrogen-bond acceptors (Lipinski definition) is 6. The van der Waals surface area contributed by atoms with Gasteiger partial charge in [0.05, 0.1) is 11.3 Å². The van der Waals surface area contributed by atoms with Gasteiger partial charge in [0.25, 0.3) is 5.69 Å². The average Bonchev–Trinajstić information content (AvgIpc) is 3.05. The Labute approximate surface area is 149 Å². The van der Waals surface area contributed by atoms with Gasteiger partial charge in [-0.3, -0.25) is 14.9 Å². The minimum Gasteiger partial charge on any atom is -0.317 e. The van der Waals surface area contributed by atoms with E-state index in [1.54, 1.807) is 19.1 Å². The Morgan fingerprint density at radius 2 is 2.20 bits per heavy atom. The van der Waals surface area contributed by atoms with Gasteiger partial charge in [-0.15, -0.1) is 11.3 Å². The lowest BCUT2D eigenvalue weighted by atomic mass is 9.97. The molecule has 1 aromatic heterocycles. The molecule has 2 N–H and O–H groups in total. The van der Waals surface area contributed by atoms with Gasteiger partial charge in [-0.1, -0.05) is 12.1 Å². The number of thiazole rings is 1. The van der Waals surface area contributed by atoms with Crippen molar-refractivity contribution in [2.24, 2.45) is 0 Å². The van der Waals surface area contributed by atoms with E-state index >= 15 is 0 Å². The van der Waals surface area contributed by atoms with Gasteiger partial charge in [0.1, 0.15) is 0 Å². The maximum absolute atomic E-state index is 12.3. The molecule has 3 rings (SSSR count). The monoisotopic (exact) mass is 360 g/mol. The summed E-state index contributed by atoms with van der Waals surface area (Å²) in [7, 11) is 0. The highest BCUT2D eigenvalue weighted by molar-refractivity contribution is 7.15. The normalized spacial score (nSPS) is 15.1. The topological polar surface area (TPSA) is 97.2 Å². The van der Waals surface area contributed by atoms with Crippen LogP contribution in [0.5, 0.6) is 0 Å². The molecule has 2 aromatic rings. The number of benzene rings is 1. The standard InChI is InChI=1S/C17H20N4O3S/c1-11-13(3-2-4-14(11)21(23)24)9-16(22)20-17-19-10-15(25-17)12-5-7-18-8-6-12/h2-4,10,12,18H,5-9H2,1H3,(H,19,20,22). The van der Waals surface area contributed by atoms with Crippen LogP contribution in [0.3, 0.4) is 0 Å². The van der Waals surface area contributed by atoms with Gasteiger partial charge < -0.3 is 10.6 Å². The van der Waals surface area contributed by atoms with E-state index in [-0.39, 0.29) is 18.0 Å². The molecule has 0 atom stereocenters. The van der Waals surface area contributed by atoms with Crippen LogP contribution >= 0.6 is 11.3 Å². The fourth-order valence-electron chi connectivity index (χ4n) is 3.04. The molecule has 7 nitrogen and oxygen atoms in total. The molecule has 0 bridgehead atoms. The summed E-state index contributed by atoms with van der Waals surface area (Å²) in [5.41, 5.74) is 1.21. The summed E-state index contributed by atoms with van der Waals surface area (Å²) in [6, 6.07) is 4.79. The second-order valence-electron chi connectivity index (χ2n) is 6.14. The molecule has 1 amide bonds. The number of amides is 1. The molecule has 1 aromatic carbocycles. The summed E-state index contributed by atoms with van der Waals surface area (Å²) in [4.78, 5) is 28.3. The first-order chi connectivity index (χ1) is 12.0.